The molecule has 146 valence electrons. The molecule has 1 N–H and O–H groups in total. The molecule has 3 aromatic rings. The van der Waals surface area contributed by atoms with E-state index in [2.05, 4.69) is 25.7 Å². The van der Waals surface area contributed by atoms with Crippen molar-refractivity contribution in [3.63, 3.8) is 0 Å². The predicted molar refractivity (Wildman–Crippen MR) is 100 cm³/mol. The van der Waals surface area contributed by atoms with Gasteiger partial charge < -0.3 is 9.15 Å². The second kappa shape index (κ2) is 6.99. The first kappa shape index (κ1) is 18.0. The Morgan fingerprint density at radius 3 is 2.83 bits per heavy atom. The average molecular weight is 395 g/mol. The fourth-order valence-corrected chi connectivity index (χ4v) is 2.78. The molecule has 12 nitrogen and oxygen atoms in total. The zero-order valence-corrected chi connectivity index (χ0v) is 15.2. The highest BCUT2D eigenvalue weighted by molar-refractivity contribution is 6.31. The number of nitro groups is 1. The number of furan rings is 1. The minimum Gasteiger partial charge on any atom is -0.496 e. The summed E-state index contributed by atoms with van der Waals surface area (Å²) in [6, 6.07) is 7.56. The summed E-state index contributed by atoms with van der Waals surface area (Å²) in [5.74, 6) is 0.737. The lowest BCUT2D eigenvalue weighted by Gasteiger charge is -2.05. The zero-order chi connectivity index (χ0) is 20.5. The summed E-state index contributed by atoms with van der Waals surface area (Å²) in [6.07, 6.45) is 1.54. The maximum Gasteiger partial charge on any atom is 0.293 e. The van der Waals surface area contributed by atoms with E-state index < -0.39 is 10.8 Å². The van der Waals surface area contributed by atoms with E-state index in [9.17, 15) is 14.9 Å². The van der Waals surface area contributed by atoms with Gasteiger partial charge in [-0.3, -0.25) is 14.9 Å². The molecule has 29 heavy (non-hydrogen) atoms. The summed E-state index contributed by atoms with van der Waals surface area (Å²) in [6.45, 7) is 1.67. The van der Waals surface area contributed by atoms with Crippen LogP contribution < -0.4 is 9.75 Å². The highest BCUT2D eigenvalue weighted by Crippen LogP contribution is 2.35. The minimum absolute atomic E-state index is 0.0356. The topological polar surface area (TPSA) is 153 Å². The van der Waals surface area contributed by atoms with Crippen molar-refractivity contribution in [1.82, 2.24) is 20.6 Å². The van der Waals surface area contributed by atoms with Crippen LogP contribution >= 0.6 is 0 Å². The number of methoxy groups -OCH3 is 1. The number of hydrazone groups is 1. The summed E-state index contributed by atoms with van der Waals surface area (Å²) < 4.78 is 11.0. The number of H-pyrrole nitrogens is 1. The lowest BCUT2D eigenvalue weighted by molar-refractivity contribution is -0.384. The number of aromatic amines is 1. The van der Waals surface area contributed by atoms with Crippen molar-refractivity contribution >= 4 is 29.3 Å². The van der Waals surface area contributed by atoms with Crippen molar-refractivity contribution in [1.29, 1.82) is 0 Å². The Bertz CT molecular complexity index is 1160. The average Bonchev–Trinajstić information content (AvgIpc) is 3.45. The Kier molecular flexibility index (Phi) is 4.35. The third-order valence-corrected chi connectivity index (χ3v) is 4.16. The number of hydrogen-bond donors (Lipinski definition) is 1. The molecule has 0 spiro atoms. The number of anilines is 1. The molecule has 0 saturated heterocycles. The van der Waals surface area contributed by atoms with Gasteiger partial charge in [-0.05, 0) is 36.4 Å². The summed E-state index contributed by atoms with van der Waals surface area (Å²) >= 11 is 0. The van der Waals surface area contributed by atoms with Crippen LogP contribution in [-0.4, -0.2) is 44.3 Å². The van der Waals surface area contributed by atoms with Crippen LogP contribution in [0, 0.1) is 10.1 Å². The van der Waals surface area contributed by atoms with E-state index in [-0.39, 0.29) is 11.6 Å². The molecule has 0 saturated carbocycles. The van der Waals surface area contributed by atoms with E-state index in [0.29, 0.717) is 34.1 Å². The highest BCUT2D eigenvalue weighted by Gasteiger charge is 2.31. The molecule has 4 rings (SSSR count). The van der Waals surface area contributed by atoms with Crippen LogP contribution in [0.15, 0.2) is 45.4 Å². The van der Waals surface area contributed by atoms with Crippen molar-refractivity contribution in [2.45, 2.75) is 6.92 Å². The minimum atomic E-state index is -0.506. The van der Waals surface area contributed by atoms with Gasteiger partial charge in [0.05, 0.1) is 34.9 Å². The number of rotatable bonds is 5. The molecule has 1 aliphatic heterocycles. The molecule has 0 aliphatic carbocycles. The van der Waals surface area contributed by atoms with Crippen molar-refractivity contribution in [3.8, 4) is 17.1 Å². The SMILES string of the molecule is COc1cc([N+](=O)[O-])ccc1-c1ccc(/C=C2\C(=O)N(c3nn[nH]n3)N=C2C)o1. The third-order valence-electron chi connectivity index (χ3n) is 4.16. The van der Waals surface area contributed by atoms with E-state index in [4.69, 9.17) is 9.15 Å². The number of carbonyl (C=O) groups excluding carboxylic acids is 1. The number of amides is 1. The number of benzene rings is 1. The van der Waals surface area contributed by atoms with Gasteiger partial charge in [-0.25, -0.2) is 0 Å². The lowest BCUT2D eigenvalue weighted by atomic mass is 10.1. The molecular weight excluding hydrogens is 382 g/mol. The van der Waals surface area contributed by atoms with Crippen LogP contribution in [0.25, 0.3) is 17.4 Å². The Labute approximate surface area is 162 Å². The van der Waals surface area contributed by atoms with Gasteiger partial charge in [-0.2, -0.15) is 15.3 Å². The van der Waals surface area contributed by atoms with Gasteiger partial charge in [-0.1, -0.05) is 5.10 Å². The van der Waals surface area contributed by atoms with Gasteiger partial charge in [0.15, 0.2) is 0 Å². The molecule has 1 aliphatic rings. The zero-order valence-electron chi connectivity index (χ0n) is 15.2. The normalized spacial score (nSPS) is 15.1. The second-order valence-electron chi connectivity index (χ2n) is 5.92. The van der Waals surface area contributed by atoms with E-state index in [1.165, 1.54) is 25.3 Å². The van der Waals surface area contributed by atoms with Crippen molar-refractivity contribution < 1.29 is 18.9 Å². The number of carbonyl (C=O) groups is 1. The van der Waals surface area contributed by atoms with Crippen molar-refractivity contribution in [2.75, 3.05) is 12.1 Å². The lowest BCUT2D eigenvalue weighted by Crippen LogP contribution is -2.22. The number of hydrogen-bond acceptors (Lipinski definition) is 9. The molecule has 0 radical (unpaired) electrons. The van der Waals surface area contributed by atoms with Gasteiger partial charge in [0.2, 0.25) is 0 Å². The molecule has 12 heteroatoms. The summed E-state index contributed by atoms with van der Waals surface area (Å²) in [7, 11) is 1.41. The predicted octanol–water partition coefficient (Wildman–Crippen LogP) is 2.18. The standard InChI is InChI=1S/C17H13N7O5/c1-9-13(16(25)23(20-9)17-18-21-22-19-17)8-11-4-6-14(29-11)12-5-3-10(24(26)27)7-15(12)28-2/h3-8H,1-2H3,(H,18,19,21,22)/b13-8-. The smallest absolute Gasteiger partial charge is 0.293 e. The van der Waals surface area contributed by atoms with Gasteiger partial charge in [-0.15, -0.1) is 5.10 Å². The molecule has 0 bridgehead atoms. The monoisotopic (exact) mass is 395 g/mol. The van der Waals surface area contributed by atoms with Gasteiger partial charge in [0, 0.05) is 6.07 Å². The molecule has 3 heterocycles. The largest absolute Gasteiger partial charge is 0.496 e. The number of non-ortho nitro benzene ring substituents is 1. The van der Waals surface area contributed by atoms with Crippen LogP contribution in [0.1, 0.15) is 12.7 Å². The molecule has 0 unspecified atom stereocenters. The molecule has 1 aromatic carbocycles. The highest BCUT2D eigenvalue weighted by atomic mass is 16.6. The maximum atomic E-state index is 12.6. The summed E-state index contributed by atoms with van der Waals surface area (Å²) in [5, 5.41) is 29.3. The molecule has 1 amide bonds. The summed E-state index contributed by atoms with van der Waals surface area (Å²) in [4.78, 5) is 23.0. The number of nitrogens with one attached hydrogen (secondary N) is 1. The quantitative estimate of drug-likeness (QED) is 0.392. The van der Waals surface area contributed by atoms with Crippen LogP contribution in [0.2, 0.25) is 0 Å². The van der Waals surface area contributed by atoms with E-state index in [1.807, 2.05) is 0 Å². The van der Waals surface area contributed by atoms with E-state index >= 15 is 0 Å². The van der Waals surface area contributed by atoms with Crippen LogP contribution in [-0.2, 0) is 4.79 Å². The second-order valence-corrected chi connectivity index (χ2v) is 5.92. The van der Waals surface area contributed by atoms with E-state index in [0.717, 1.165) is 5.01 Å². The van der Waals surface area contributed by atoms with Crippen LogP contribution in [0.3, 0.4) is 0 Å². The Morgan fingerprint density at radius 2 is 2.14 bits per heavy atom. The van der Waals surface area contributed by atoms with Crippen LogP contribution in [0.4, 0.5) is 11.6 Å². The van der Waals surface area contributed by atoms with Crippen molar-refractivity contribution in [3.05, 3.63) is 51.8 Å². The molecular formula is C17H13N7O5. The van der Waals surface area contributed by atoms with Crippen LogP contribution in [0.5, 0.6) is 5.75 Å². The first-order valence-electron chi connectivity index (χ1n) is 8.25. The van der Waals surface area contributed by atoms with Gasteiger partial charge >= 0.3 is 0 Å². The summed E-state index contributed by atoms with van der Waals surface area (Å²) in [5.41, 5.74) is 1.22. The van der Waals surface area contributed by atoms with Gasteiger partial charge in [0.25, 0.3) is 17.5 Å². The van der Waals surface area contributed by atoms with Crippen molar-refractivity contribution in [2.24, 2.45) is 5.10 Å². The molecule has 0 fully saturated rings. The molecule has 2 aromatic heterocycles. The fourth-order valence-electron chi connectivity index (χ4n) is 2.78. The number of nitro benzene ring substituents is 1. The number of ether oxygens (including phenoxy) is 1. The van der Waals surface area contributed by atoms with Gasteiger partial charge in [0.1, 0.15) is 17.3 Å². The maximum absolute atomic E-state index is 12.6. The number of aromatic nitrogens is 4. The third kappa shape index (κ3) is 3.22. The Balaban J connectivity index is 1.64. The fraction of sp³-hybridized carbons (Fsp3) is 0.118. The van der Waals surface area contributed by atoms with E-state index in [1.54, 1.807) is 25.1 Å². The first-order valence-corrected chi connectivity index (χ1v) is 8.25. The molecule has 0 atom stereocenters. The Hall–Kier alpha value is -4.35. The Morgan fingerprint density at radius 1 is 1.31 bits per heavy atom. The number of nitrogens with zero attached hydrogens (tertiary/aromatic N) is 6. The number of tetrazole rings is 1. The first-order chi connectivity index (χ1) is 14.0.